The van der Waals surface area contributed by atoms with Crippen LogP contribution in [0.2, 0.25) is 0 Å². The van der Waals surface area contributed by atoms with Gasteiger partial charge in [0.05, 0.1) is 18.1 Å². The quantitative estimate of drug-likeness (QED) is 0.726. The van der Waals surface area contributed by atoms with E-state index in [-0.39, 0.29) is 6.42 Å². The summed E-state index contributed by atoms with van der Waals surface area (Å²) in [4.78, 5) is 10.9. The fourth-order valence-corrected chi connectivity index (χ4v) is 1.03. The molecule has 1 aromatic carbocycles. The third-order valence-corrected chi connectivity index (χ3v) is 1.66. The van der Waals surface area contributed by atoms with Crippen LogP contribution in [0, 0.1) is 11.3 Å². The van der Waals surface area contributed by atoms with Crippen molar-refractivity contribution in [3.8, 4) is 6.07 Å². The normalized spacial score (nSPS) is 8.92. The molecule has 0 amide bonds. The Morgan fingerprint density at radius 3 is 3.00 bits per heavy atom. The van der Waals surface area contributed by atoms with E-state index in [1.54, 1.807) is 24.3 Å². The van der Waals surface area contributed by atoms with Gasteiger partial charge >= 0.3 is 5.97 Å². The smallest absolute Gasteiger partial charge is 0.343 e. The summed E-state index contributed by atoms with van der Waals surface area (Å²) in [6.07, 6.45) is 0.267. The van der Waals surface area contributed by atoms with Crippen LogP contribution in [0.15, 0.2) is 24.3 Å². The summed E-state index contributed by atoms with van der Waals surface area (Å²) in [5, 5.41) is 8.41. The summed E-state index contributed by atoms with van der Waals surface area (Å²) in [5.41, 5.74) is 1.12. The van der Waals surface area contributed by atoms with Crippen LogP contribution in [0.1, 0.15) is 15.9 Å². The first-order chi connectivity index (χ1) is 6.27. The van der Waals surface area contributed by atoms with E-state index in [9.17, 15) is 4.79 Å². The highest BCUT2D eigenvalue weighted by atomic mass is 35.5. The monoisotopic (exact) mass is 195 g/mol. The number of nitriles is 1. The summed E-state index contributed by atoms with van der Waals surface area (Å²) in [6, 6.07) is 8.57. The molecule has 0 radical (unpaired) electrons. The molecule has 0 aliphatic carbocycles. The van der Waals surface area contributed by atoms with E-state index in [1.807, 2.05) is 6.07 Å². The van der Waals surface area contributed by atoms with Crippen molar-refractivity contribution >= 4 is 17.8 Å². The first-order valence-electron chi connectivity index (χ1n) is 3.56. The highest BCUT2D eigenvalue weighted by Crippen LogP contribution is 2.07. The average Bonchev–Trinajstić information content (AvgIpc) is 2.18. The number of benzene rings is 1. The molecule has 66 valence electrons. The van der Waals surface area contributed by atoms with Crippen LogP contribution in [-0.4, -0.2) is 5.97 Å². The summed E-state index contributed by atoms with van der Waals surface area (Å²) in [5.74, 6) is -0.610. The Morgan fingerprint density at radius 1 is 1.62 bits per heavy atom. The molecule has 0 saturated heterocycles. The number of hydrogen-bond donors (Lipinski definition) is 0. The lowest BCUT2D eigenvalue weighted by atomic mass is 10.1. The van der Waals surface area contributed by atoms with Gasteiger partial charge in [0, 0.05) is 0 Å². The van der Waals surface area contributed by atoms with Gasteiger partial charge in [0.2, 0.25) is 0 Å². The Labute approximate surface area is 80.7 Å². The maximum Gasteiger partial charge on any atom is 0.356 e. The second kappa shape index (κ2) is 4.48. The predicted molar refractivity (Wildman–Crippen MR) is 47.0 cm³/mol. The van der Waals surface area contributed by atoms with Gasteiger partial charge in [-0.1, -0.05) is 12.1 Å². The fraction of sp³-hybridized carbons (Fsp3) is 0.111. The van der Waals surface area contributed by atoms with Crippen molar-refractivity contribution in [1.82, 2.24) is 0 Å². The van der Waals surface area contributed by atoms with Gasteiger partial charge in [0.1, 0.15) is 11.9 Å². The Balaban J connectivity index is 2.93. The minimum absolute atomic E-state index is 0.267. The van der Waals surface area contributed by atoms with Crippen molar-refractivity contribution < 1.29 is 9.08 Å². The van der Waals surface area contributed by atoms with E-state index in [2.05, 4.69) is 4.29 Å². The first kappa shape index (κ1) is 9.56. The van der Waals surface area contributed by atoms with Gasteiger partial charge < -0.3 is 4.29 Å². The molecule has 0 aliphatic heterocycles. The molecule has 0 atom stereocenters. The molecular formula is C9H6ClNO2. The molecule has 4 heteroatoms. The minimum Gasteiger partial charge on any atom is -0.343 e. The zero-order chi connectivity index (χ0) is 9.68. The largest absolute Gasteiger partial charge is 0.356 e. The number of carbonyl (C=O) groups is 1. The molecule has 3 nitrogen and oxygen atoms in total. The van der Waals surface area contributed by atoms with Crippen molar-refractivity contribution in [1.29, 1.82) is 5.26 Å². The van der Waals surface area contributed by atoms with E-state index < -0.39 is 5.97 Å². The van der Waals surface area contributed by atoms with E-state index in [0.717, 1.165) is 5.56 Å². The van der Waals surface area contributed by atoms with Gasteiger partial charge in [-0.25, -0.2) is 4.79 Å². The number of carbonyl (C=O) groups excluding carboxylic acids is 1. The third kappa shape index (κ3) is 2.46. The lowest BCUT2D eigenvalue weighted by Gasteiger charge is -1.98. The van der Waals surface area contributed by atoms with Crippen molar-refractivity contribution in [2.24, 2.45) is 0 Å². The van der Waals surface area contributed by atoms with E-state index in [4.69, 9.17) is 17.1 Å². The van der Waals surface area contributed by atoms with Gasteiger partial charge in [-0.15, -0.1) is 0 Å². The Kier molecular flexibility index (Phi) is 3.30. The molecule has 0 saturated carbocycles. The molecule has 0 aromatic heterocycles. The Morgan fingerprint density at radius 2 is 2.38 bits per heavy atom. The average molecular weight is 196 g/mol. The molecule has 0 unspecified atom stereocenters. The zero-order valence-corrected chi connectivity index (χ0v) is 7.41. The molecule has 0 spiro atoms. The topological polar surface area (TPSA) is 50.1 Å². The first-order valence-corrected chi connectivity index (χ1v) is 3.87. The molecule has 13 heavy (non-hydrogen) atoms. The van der Waals surface area contributed by atoms with Crippen molar-refractivity contribution in [2.45, 2.75) is 6.42 Å². The Bertz CT molecular complexity index is 357. The number of rotatable bonds is 2. The van der Waals surface area contributed by atoms with Gasteiger partial charge in [0.15, 0.2) is 0 Å². The summed E-state index contributed by atoms with van der Waals surface area (Å²) >= 11 is 4.90. The van der Waals surface area contributed by atoms with Gasteiger partial charge in [0.25, 0.3) is 0 Å². The van der Waals surface area contributed by atoms with E-state index in [1.165, 1.54) is 0 Å². The highest BCUT2D eigenvalue weighted by Gasteiger charge is 2.06. The van der Waals surface area contributed by atoms with E-state index >= 15 is 0 Å². The van der Waals surface area contributed by atoms with Crippen LogP contribution in [0.3, 0.4) is 0 Å². The molecule has 0 fully saturated rings. The second-order valence-corrected chi connectivity index (χ2v) is 2.55. The molecule has 0 heterocycles. The fourth-order valence-electron chi connectivity index (χ4n) is 0.944. The second-order valence-electron chi connectivity index (χ2n) is 2.40. The van der Waals surface area contributed by atoms with Gasteiger partial charge in [-0.2, -0.15) is 5.26 Å². The highest BCUT2D eigenvalue weighted by molar-refractivity contribution is 6.15. The van der Waals surface area contributed by atoms with Crippen LogP contribution in [0.25, 0.3) is 0 Å². The maximum atomic E-state index is 10.9. The standard InChI is InChI=1S/C9H6ClNO2/c10-13-9(12)8-3-1-2-7(6-8)4-5-11/h1-3,6H,4H2. The maximum absolute atomic E-state index is 10.9. The molecule has 1 rings (SSSR count). The van der Waals surface area contributed by atoms with Crippen LogP contribution < -0.4 is 0 Å². The predicted octanol–water partition coefficient (Wildman–Crippen LogP) is 2.06. The van der Waals surface area contributed by atoms with Crippen LogP contribution in [0.4, 0.5) is 0 Å². The number of halogens is 1. The summed E-state index contributed by atoms with van der Waals surface area (Å²) in [7, 11) is 0. The Hall–Kier alpha value is -1.53. The van der Waals surface area contributed by atoms with Crippen molar-refractivity contribution in [3.05, 3.63) is 35.4 Å². The molecule has 0 aliphatic rings. The van der Waals surface area contributed by atoms with Gasteiger partial charge in [-0.3, -0.25) is 0 Å². The zero-order valence-electron chi connectivity index (χ0n) is 6.66. The number of nitrogens with zero attached hydrogens (tertiary/aromatic N) is 1. The minimum atomic E-state index is -0.610. The van der Waals surface area contributed by atoms with Crippen molar-refractivity contribution in [3.63, 3.8) is 0 Å². The SMILES string of the molecule is N#CCc1cccc(C(=O)OCl)c1. The van der Waals surface area contributed by atoms with Gasteiger partial charge in [-0.05, 0) is 17.7 Å². The summed E-state index contributed by atoms with van der Waals surface area (Å²) < 4.78 is 4.02. The molecule has 1 aromatic rings. The van der Waals surface area contributed by atoms with Crippen LogP contribution in [0.5, 0.6) is 0 Å². The lowest BCUT2D eigenvalue weighted by Crippen LogP contribution is -1.98. The van der Waals surface area contributed by atoms with Crippen molar-refractivity contribution in [2.75, 3.05) is 0 Å². The molecule has 0 N–H and O–H groups in total. The molecular weight excluding hydrogens is 190 g/mol. The molecule has 0 bridgehead atoms. The lowest BCUT2D eigenvalue weighted by molar-refractivity contribution is 0.0751. The number of hydrogen-bond acceptors (Lipinski definition) is 3. The van der Waals surface area contributed by atoms with Crippen LogP contribution in [-0.2, 0) is 10.7 Å². The van der Waals surface area contributed by atoms with Crippen LogP contribution >= 0.6 is 11.9 Å². The summed E-state index contributed by atoms with van der Waals surface area (Å²) in [6.45, 7) is 0. The third-order valence-electron chi connectivity index (χ3n) is 1.52. The van der Waals surface area contributed by atoms with E-state index in [0.29, 0.717) is 5.56 Å².